The van der Waals surface area contributed by atoms with E-state index in [1.165, 1.54) is 6.92 Å². The Bertz CT molecular complexity index is 726. The molecule has 0 spiro atoms. The minimum atomic E-state index is -1.48. The van der Waals surface area contributed by atoms with Crippen molar-refractivity contribution in [1.29, 1.82) is 0 Å². The molecule has 2 aromatic rings. The molecule has 1 N–H and O–H groups in total. The van der Waals surface area contributed by atoms with E-state index < -0.39 is 29.4 Å². The van der Waals surface area contributed by atoms with E-state index in [0.717, 1.165) is 0 Å². The third-order valence-electron chi connectivity index (χ3n) is 3.62. The second-order valence-electron chi connectivity index (χ2n) is 5.16. The predicted molar refractivity (Wildman–Crippen MR) is 86.8 cm³/mol. The lowest BCUT2D eigenvalue weighted by Gasteiger charge is -2.22. The van der Waals surface area contributed by atoms with Crippen LogP contribution >= 0.6 is 11.6 Å². The van der Waals surface area contributed by atoms with Crippen LogP contribution in [0.2, 0.25) is 5.02 Å². The van der Waals surface area contributed by atoms with Gasteiger partial charge in [-0.3, -0.25) is 14.4 Å². The van der Waals surface area contributed by atoms with Gasteiger partial charge in [0.25, 0.3) is 0 Å². The molecule has 0 saturated carbocycles. The molecule has 0 bridgehead atoms. The first-order chi connectivity index (χ1) is 10.9. The average Bonchev–Trinajstić information content (AvgIpc) is 2.53. The lowest BCUT2D eigenvalue weighted by atomic mass is 9.78. The lowest BCUT2D eigenvalue weighted by Crippen LogP contribution is -2.33. The van der Waals surface area contributed by atoms with Crippen LogP contribution in [-0.2, 0) is 9.59 Å². The molecule has 0 saturated heterocycles. The Morgan fingerprint density at radius 2 is 1.52 bits per heavy atom. The third kappa shape index (κ3) is 3.66. The van der Waals surface area contributed by atoms with Crippen molar-refractivity contribution in [2.75, 3.05) is 0 Å². The van der Waals surface area contributed by atoms with Crippen molar-refractivity contribution in [2.24, 2.45) is 5.92 Å². The molecule has 4 nitrogen and oxygen atoms in total. The number of aliphatic carboxylic acids is 1. The molecule has 0 aromatic heterocycles. The number of Topliss-reactive ketones (excluding diaryl/α,β-unsaturated/α-hetero) is 2. The molecule has 2 aromatic carbocycles. The quantitative estimate of drug-likeness (QED) is 0.649. The Morgan fingerprint density at radius 3 is 2.04 bits per heavy atom. The molecule has 23 heavy (non-hydrogen) atoms. The van der Waals surface area contributed by atoms with Gasteiger partial charge < -0.3 is 5.11 Å². The zero-order valence-electron chi connectivity index (χ0n) is 12.4. The Hall–Kier alpha value is -2.46. The molecule has 0 aliphatic carbocycles. The molecule has 0 aliphatic rings. The average molecular weight is 331 g/mol. The normalized spacial score (nSPS) is 13.1. The van der Waals surface area contributed by atoms with Crippen LogP contribution in [0.4, 0.5) is 0 Å². The Morgan fingerprint density at radius 1 is 0.957 bits per heavy atom. The van der Waals surface area contributed by atoms with E-state index in [4.69, 9.17) is 11.6 Å². The molecule has 5 heteroatoms. The Labute approximate surface area is 138 Å². The maximum Gasteiger partial charge on any atom is 0.315 e. The first-order valence-electron chi connectivity index (χ1n) is 7.00. The fourth-order valence-corrected chi connectivity index (χ4v) is 2.79. The fourth-order valence-electron chi connectivity index (χ4n) is 2.53. The molecule has 0 heterocycles. The molecule has 0 amide bonds. The van der Waals surface area contributed by atoms with Crippen molar-refractivity contribution in [3.05, 3.63) is 70.7 Å². The van der Waals surface area contributed by atoms with Gasteiger partial charge in [-0.05, 0) is 18.6 Å². The summed E-state index contributed by atoms with van der Waals surface area (Å²) in [4.78, 5) is 36.3. The SMILES string of the molecule is CC(=O)C(C(=O)O)C(C(=O)c1ccccc1)c1ccccc1Cl. The second kappa shape index (κ2) is 7.20. The van der Waals surface area contributed by atoms with Crippen LogP contribution in [0, 0.1) is 5.92 Å². The maximum absolute atomic E-state index is 12.9. The van der Waals surface area contributed by atoms with Crippen molar-refractivity contribution in [3.63, 3.8) is 0 Å². The van der Waals surface area contributed by atoms with Gasteiger partial charge in [-0.1, -0.05) is 60.1 Å². The maximum atomic E-state index is 12.9. The number of halogens is 1. The number of benzene rings is 2. The van der Waals surface area contributed by atoms with Crippen molar-refractivity contribution in [2.45, 2.75) is 12.8 Å². The monoisotopic (exact) mass is 330 g/mol. The number of hydrogen-bond acceptors (Lipinski definition) is 3. The zero-order valence-corrected chi connectivity index (χ0v) is 13.2. The van der Waals surface area contributed by atoms with Crippen LogP contribution in [-0.4, -0.2) is 22.6 Å². The predicted octanol–water partition coefficient (Wildman–Crippen LogP) is 3.60. The molecule has 0 fully saturated rings. The fraction of sp³-hybridized carbons (Fsp3) is 0.167. The smallest absolute Gasteiger partial charge is 0.315 e. The summed E-state index contributed by atoms with van der Waals surface area (Å²) in [6.07, 6.45) is 0. The van der Waals surface area contributed by atoms with Crippen molar-refractivity contribution in [1.82, 2.24) is 0 Å². The molecular weight excluding hydrogens is 316 g/mol. The van der Waals surface area contributed by atoms with Gasteiger partial charge in [0.2, 0.25) is 0 Å². The number of hydrogen-bond donors (Lipinski definition) is 1. The van der Waals surface area contributed by atoms with Crippen molar-refractivity contribution < 1.29 is 19.5 Å². The zero-order chi connectivity index (χ0) is 17.0. The number of carbonyl (C=O) groups excluding carboxylic acids is 2. The molecular formula is C18H15ClO4. The highest BCUT2D eigenvalue weighted by molar-refractivity contribution is 6.32. The van der Waals surface area contributed by atoms with Gasteiger partial charge in [-0.2, -0.15) is 0 Å². The van der Waals surface area contributed by atoms with Gasteiger partial charge in [0.15, 0.2) is 5.78 Å². The molecule has 118 valence electrons. The van der Waals surface area contributed by atoms with Gasteiger partial charge in [0.05, 0.1) is 5.92 Å². The van der Waals surface area contributed by atoms with Crippen LogP contribution in [0.15, 0.2) is 54.6 Å². The summed E-state index contributed by atoms with van der Waals surface area (Å²) < 4.78 is 0. The van der Waals surface area contributed by atoms with Crippen LogP contribution in [0.25, 0.3) is 0 Å². The summed E-state index contributed by atoms with van der Waals surface area (Å²) in [6, 6.07) is 14.8. The molecule has 2 unspecified atom stereocenters. The van der Waals surface area contributed by atoms with Crippen LogP contribution in [0.3, 0.4) is 0 Å². The summed E-state index contributed by atoms with van der Waals surface area (Å²) in [5.74, 6) is -5.02. The van der Waals surface area contributed by atoms with Crippen LogP contribution < -0.4 is 0 Å². The first-order valence-corrected chi connectivity index (χ1v) is 7.38. The Balaban J connectivity index is 2.60. The van der Waals surface area contributed by atoms with Gasteiger partial charge in [-0.25, -0.2) is 0 Å². The van der Waals surface area contributed by atoms with Gasteiger partial charge >= 0.3 is 5.97 Å². The highest BCUT2D eigenvalue weighted by Gasteiger charge is 2.39. The standard InChI is InChI=1S/C18H15ClO4/c1-11(20)15(18(22)23)16(13-9-5-6-10-14(13)19)17(21)12-7-3-2-4-8-12/h2-10,15-16H,1H3,(H,22,23). The first kappa shape index (κ1) is 16.9. The van der Waals surface area contributed by atoms with Crippen LogP contribution in [0.1, 0.15) is 28.8 Å². The summed E-state index contributed by atoms with van der Waals surface area (Å²) in [6.45, 7) is 1.17. The van der Waals surface area contributed by atoms with Gasteiger partial charge in [0, 0.05) is 10.6 Å². The number of carboxylic acids is 1. The largest absolute Gasteiger partial charge is 0.481 e. The van der Waals surface area contributed by atoms with E-state index in [-0.39, 0.29) is 5.02 Å². The molecule has 2 rings (SSSR count). The van der Waals surface area contributed by atoms with E-state index in [1.807, 2.05) is 0 Å². The lowest BCUT2D eigenvalue weighted by molar-refractivity contribution is -0.146. The minimum Gasteiger partial charge on any atom is -0.481 e. The molecule has 0 radical (unpaired) electrons. The summed E-state index contributed by atoms with van der Waals surface area (Å²) in [5, 5.41) is 9.70. The van der Waals surface area contributed by atoms with Crippen molar-refractivity contribution >= 4 is 29.1 Å². The Kier molecular flexibility index (Phi) is 5.29. The summed E-state index contributed by atoms with van der Waals surface area (Å²) >= 11 is 6.15. The van der Waals surface area contributed by atoms with E-state index >= 15 is 0 Å². The van der Waals surface area contributed by atoms with E-state index in [2.05, 4.69) is 0 Å². The summed E-state index contributed by atoms with van der Waals surface area (Å²) in [5.41, 5.74) is 0.676. The van der Waals surface area contributed by atoms with Crippen molar-refractivity contribution in [3.8, 4) is 0 Å². The molecule has 2 atom stereocenters. The number of rotatable bonds is 6. The van der Waals surface area contributed by atoms with E-state index in [1.54, 1.807) is 54.6 Å². The number of ketones is 2. The van der Waals surface area contributed by atoms with Gasteiger partial charge in [0.1, 0.15) is 11.7 Å². The van der Waals surface area contributed by atoms with E-state index in [0.29, 0.717) is 11.1 Å². The number of carboxylic acid groups (broad SMARTS) is 1. The third-order valence-corrected chi connectivity index (χ3v) is 3.96. The van der Waals surface area contributed by atoms with Gasteiger partial charge in [-0.15, -0.1) is 0 Å². The minimum absolute atomic E-state index is 0.259. The van der Waals surface area contributed by atoms with E-state index in [9.17, 15) is 19.5 Å². The highest BCUT2D eigenvalue weighted by atomic mass is 35.5. The summed E-state index contributed by atoms with van der Waals surface area (Å²) in [7, 11) is 0. The second-order valence-corrected chi connectivity index (χ2v) is 5.56. The topological polar surface area (TPSA) is 71.4 Å². The molecule has 0 aliphatic heterocycles. The number of carbonyl (C=O) groups is 3. The highest BCUT2D eigenvalue weighted by Crippen LogP contribution is 2.34. The van der Waals surface area contributed by atoms with Crippen LogP contribution in [0.5, 0.6) is 0 Å².